The Hall–Kier alpha value is -3.95. The highest BCUT2D eigenvalue weighted by molar-refractivity contribution is 7.90. The molecule has 180 valence electrons. The van der Waals surface area contributed by atoms with Crippen LogP contribution in [0, 0.1) is 0 Å². The van der Waals surface area contributed by atoms with E-state index in [1.54, 1.807) is 6.07 Å². The van der Waals surface area contributed by atoms with Crippen molar-refractivity contribution in [2.45, 2.75) is 18.4 Å². The quantitative estimate of drug-likeness (QED) is 0.340. The van der Waals surface area contributed by atoms with E-state index in [-0.39, 0.29) is 10.8 Å². The lowest BCUT2D eigenvalue weighted by Gasteiger charge is -2.11. The van der Waals surface area contributed by atoms with E-state index in [0.717, 1.165) is 24.6 Å². The fraction of sp³-hybridized carbons (Fsp3) is 0.154. The highest BCUT2D eigenvalue weighted by Crippen LogP contribution is 2.33. The van der Waals surface area contributed by atoms with Gasteiger partial charge in [0.25, 0.3) is 10.0 Å². The molecule has 0 saturated heterocycles. The van der Waals surface area contributed by atoms with Crippen molar-refractivity contribution in [3.05, 3.63) is 89.5 Å². The van der Waals surface area contributed by atoms with Gasteiger partial charge in [-0.25, -0.2) is 18.1 Å². The second-order valence-electron chi connectivity index (χ2n) is 8.45. The van der Waals surface area contributed by atoms with Gasteiger partial charge in [-0.2, -0.15) is 0 Å². The van der Waals surface area contributed by atoms with Crippen LogP contribution in [-0.4, -0.2) is 49.1 Å². The molecule has 1 amide bonds. The molecule has 0 aliphatic carbocycles. The number of aliphatic imine (C=N–C) groups is 1. The number of carbonyl (C=O) groups is 1. The van der Waals surface area contributed by atoms with Gasteiger partial charge in [-0.15, -0.1) is 0 Å². The van der Waals surface area contributed by atoms with Gasteiger partial charge in [0.15, 0.2) is 5.88 Å². The third-order valence-corrected chi connectivity index (χ3v) is 6.73. The fourth-order valence-corrected chi connectivity index (χ4v) is 4.86. The van der Waals surface area contributed by atoms with Crippen molar-refractivity contribution in [2.24, 2.45) is 4.99 Å². The SMILES string of the molecule is CC(=O)NS(=O)(=O)c1ccc2[nH]c(O)c(C(=Nc3ccc(CN(C)C)cc3)c3ccccc3)c2c1. The zero-order valence-electron chi connectivity index (χ0n) is 19.6. The van der Waals surface area contributed by atoms with Crippen LogP contribution in [0.4, 0.5) is 5.69 Å². The maximum Gasteiger partial charge on any atom is 0.264 e. The Kier molecular flexibility index (Phi) is 6.72. The standard InChI is InChI=1S/C26H26N4O4S/c1-17(31)29-35(33,34)21-13-14-23-22(15-21)24(26(32)28-23)25(19-7-5-4-6-8-19)27-20-11-9-18(10-12-20)16-30(2)3/h4-15,28,32H,16H2,1-3H3,(H,29,31). The van der Waals surface area contributed by atoms with Gasteiger partial charge >= 0.3 is 0 Å². The van der Waals surface area contributed by atoms with E-state index in [1.165, 1.54) is 12.1 Å². The highest BCUT2D eigenvalue weighted by atomic mass is 32.2. The molecule has 0 aliphatic heterocycles. The van der Waals surface area contributed by atoms with Gasteiger partial charge in [0.05, 0.1) is 21.9 Å². The van der Waals surface area contributed by atoms with Gasteiger partial charge < -0.3 is 15.0 Å². The van der Waals surface area contributed by atoms with Crippen LogP contribution in [-0.2, 0) is 21.4 Å². The van der Waals surface area contributed by atoms with Gasteiger partial charge in [0, 0.05) is 29.9 Å². The first-order valence-corrected chi connectivity index (χ1v) is 12.4. The number of nitrogens with zero attached hydrogens (tertiary/aromatic N) is 2. The summed E-state index contributed by atoms with van der Waals surface area (Å²) < 4.78 is 27.2. The van der Waals surface area contributed by atoms with Gasteiger partial charge in [-0.3, -0.25) is 4.79 Å². The minimum atomic E-state index is -4.06. The van der Waals surface area contributed by atoms with E-state index in [9.17, 15) is 18.3 Å². The normalized spacial score (nSPS) is 12.3. The molecule has 4 rings (SSSR count). The van der Waals surface area contributed by atoms with Crippen LogP contribution in [0.15, 0.2) is 82.7 Å². The Labute approximate surface area is 204 Å². The van der Waals surface area contributed by atoms with Gasteiger partial charge in [-0.1, -0.05) is 42.5 Å². The lowest BCUT2D eigenvalue weighted by Crippen LogP contribution is -2.28. The minimum Gasteiger partial charge on any atom is -0.494 e. The monoisotopic (exact) mass is 490 g/mol. The van der Waals surface area contributed by atoms with E-state index < -0.39 is 15.9 Å². The van der Waals surface area contributed by atoms with E-state index in [4.69, 9.17) is 4.99 Å². The smallest absolute Gasteiger partial charge is 0.264 e. The lowest BCUT2D eigenvalue weighted by atomic mass is 10.0. The maximum atomic E-state index is 12.6. The molecule has 0 saturated carbocycles. The van der Waals surface area contributed by atoms with E-state index in [1.807, 2.05) is 73.4 Å². The molecule has 35 heavy (non-hydrogen) atoms. The van der Waals surface area contributed by atoms with Gasteiger partial charge in [-0.05, 0) is 50.0 Å². The summed E-state index contributed by atoms with van der Waals surface area (Å²) >= 11 is 0. The molecule has 0 unspecified atom stereocenters. The number of fused-ring (bicyclic) bond motifs is 1. The minimum absolute atomic E-state index is 0.0964. The van der Waals surface area contributed by atoms with Crippen molar-refractivity contribution in [2.75, 3.05) is 14.1 Å². The molecular formula is C26H26N4O4S. The van der Waals surface area contributed by atoms with Crippen molar-refractivity contribution in [3.63, 3.8) is 0 Å². The molecule has 0 atom stereocenters. The number of rotatable bonds is 7. The largest absolute Gasteiger partial charge is 0.494 e. The molecule has 0 aliphatic rings. The molecule has 8 nitrogen and oxygen atoms in total. The predicted molar refractivity (Wildman–Crippen MR) is 137 cm³/mol. The summed E-state index contributed by atoms with van der Waals surface area (Å²) in [5, 5.41) is 11.3. The van der Waals surface area contributed by atoms with Crippen LogP contribution in [0.5, 0.6) is 5.88 Å². The molecule has 0 radical (unpaired) electrons. The fourth-order valence-electron chi connectivity index (χ4n) is 3.84. The first-order valence-electron chi connectivity index (χ1n) is 10.9. The third-order valence-electron chi connectivity index (χ3n) is 5.30. The van der Waals surface area contributed by atoms with Crippen LogP contribution in [0.3, 0.4) is 0 Å². The zero-order chi connectivity index (χ0) is 25.2. The van der Waals surface area contributed by atoms with Crippen molar-refractivity contribution in [3.8, 4) is 5.88 Å². The molecule has 3 N–H and O–H groups in total. The summed E-state index contributed by atoms with van der Waals surface area (Å²) in [5.74, 6) is -0.826. The third kappa shape index (κ3) is 5.42. The Morgan fingerprint density at radius 3 is 2.34 bits per heavy atom. The number of carbonyl (C=O) groups excluding carboxylic acids is 1. The molecule has 4 aromatic rings. The number of aromatic hydroxyl groups is 1. The average molecular weight is 491 g/mol. The van der Waals surface area contributed by atoms with Crippen LogP contribution >= 0.6 is 0 Å². The number of hydrogen-bond acceptors (Lipinski definition) is 6. The van der Waals surface area contributed by atoms with E-state index >= 15 is 0 Å². The van der Waals surface area contributed by atoms with Crippen molar-refractivity contribution in [1.82, 2.24) is 14.6 Å². The Balaban J connectivity index is 1.89. The first kappa shape index (κ1) is 24.2. The molecule has 9 heteroatoms. The highest BCUT2D eigenvalue weighted by Gasteiger charge is 2.22. The average Bonchev–Trinajstić information content (AvgIpc) is 3.13. The molecule has 3 aromatic carbocycles. The topological polar surface area (TPSA) is 115 Å². The van der Waals surface area contributed by atoms with Crippen molar-refractivity contribution < 1.29 is 18.3 Å². The predicted octanol–water partition coefficient (Wildman–Crippen LogP) is 3.93. The van der Waals surface area contributed by atoms with Crippen LogP contribution in [0.1, 0.15) is 23.6 Å². The van der Waals surface area contributed by atoms with Gasteiger partial charge in [0.2, 0.25) is 5.91 Å². The number of hydrogen-bond donors (Lipinski definition) is 3. The second kappa shape index (κ2) is 9.73. The number of H-pyrrole nitrogens is 1. The molecular weight excluding hydrogens is 464 g/mol. The molecule has 1 heterocycles. The number of aromatic nitrogens is 1. The number of aromatic amines is 1. The van der Waals surface area contributed by atoms with Crippen LogP contribution in [0.2, 0.25) is 0 Å². The number of sulfonamides is 1. The van der Waals surface area contributed by atoms with Crippen molar-refractivity contribution in [1.29, 1.82) is 0 Å². The van der Waals surface area contributed by atoms with Gasteiger partial charge in [0.1, 0.15) is 0 Å². The molecule has 0 bridgehead atoms. The Morgan fingerprint density at radius 1 is 1.03 bits per heavy atom. The maximum absolute atomic E-state index is 12.6. The summed E-state index contributed by atoms with van der Waals surface area (Å²) in [6.07, 6.45) is 0. The summed E-state index contributed by atoms with van der Waals surface area (Å²) in [5.41, 5.74) is 3.94. The summed E-state index contributed by atoms with van der Waals surface area (Å²) in [7, 11) is -0.0619. The summed E-state index contributed by atoms with van der Waals surface area (Å²) in [6, 6.07) is 21.5. The van der Waals surface area contributed by atoms with Crippen molar-refractivity contribution >= 4 is 38.2 Å². The molecule has 0 spiro atoms. The molecule has 0 fully saturated rings. The van der Waals surface area contributed by atoms with Crippen LogP contribution in [0.25, 0.3) is 10.9 Å². The first-order chi connectivity index (χ1) is 16.6. The number of benzene rings is 3. The Bertz CT molecular complexity index is 1510. The zero-order valence-corrected chi connectivity index (χ0v) is 20.4. The lowest BCUT2D eigenvalue weighted by molar-refractivity contribution is -0.117. The Morgan fingerprint density at radius 2 is 1.71 bits per heavy atom. The van der Waals surface area contributed by atoms with Crippen LogP contribution < -0.4 is 4.72 Å². The number of amides is 1. The van der Waals surface area contributed by atoms with E-state index in [0.29, 0.717) is 27.9 Å². The van der Waals surface area contributed by atoms with E-state index in [2.05, 4.69) is 9.88 Å². The number of nitrogens with one attached hydrogen (secondary N) is 2. The second-order valence-corrected chi connectivity index (χ2v) is 10.1. The summed E-state index contributed by atoms with van der Waals surface area (Å²) in [4.78, 5) is 21.1. The summed E-state index contributed by atoms with van der Waals surface area (Å²) in [6.45, 7) is 1.93. The molecule has 1 aromatic heterocycles.